The SMILES string of the molecule is COc1ccc(NC(=O)c2ccc(OCCc3ccccc3)c(Br)c2)cc1. The molecule has 0 aliphatic rings. The molecule has 3 aromatic rings. The van der Waals surface area contributed by atoms with Crippen molar-refractivity contribution in [2.24, 2.45) is 0 Å². The van der Waals surface area contributed by atoms with Crippen molar-refractivity contribution in [1.82, 2.24) is 0 Å². The van der Waals surface area contributed by atoms with E-state index in [2.05, 4.69) is 33.4 Å². The number of anilines is 1. The largest absolute Gasteiger partial charge is 0.497 e. The van der Waals surface area contributed by atoms with Crippen molar-refractivity contribution in [2.75, 3.05) is 19.0 Å². The van der Waals surface area contributed by atoms with Crippen LogP contribution in [0.5, 0.6) is 11.5 Å². The summed E-state index contributed by atoms with van der Waals surface area (Å²) in [5, 5.41) is 2.86. The van der Waals surface area contributed by atoms with Gasteiger partial charge in [-0.1, -0.05) is 30.3 Å². The van der Waals surface area contributed by atoms with Crippen LogP contribution in [0.1, 0.15) is 15.9 Å². The van der Waals surface area contributed by atoms with Crippen molar-refractivity contribution < 1.29 is 14.3 Å². The number of halogens is 1. The van der Waals surface area contributed by atoms with Gasteiger partial charge in [-0.2, -0.15) is 0 Å². The van der Waals surface area contributed by atoms with Gasteiger partial charge in [0, 0.05) is 17.7 Å². The normalized spacial score (nSPS) is 10.3. The van der Waals surface area contributed by atoms with Gasteiger partial charge < -0.3 is 14.8 Å². The minimum atomic E-state index is -0.184. The highest BCUT2D eigenvalue weighted by Crippen LogP contribution is 2.27. The van der Waals surface area contributed by atoms with Crippen LogP contribution in [0.3, 0.4) is 0 Å². The van der Waals surface area contributed by atoms with Crippen molar-refractivity contribution in [3.63, 3.8) is 0 Å². The zero-order chi connectivity index (χ0) is 19.1. The fourth-order valence-corrected chi connectivity index (χ4v) is 3.05. The number of nitrogens with one attached hydrogen (secondary N) is 1. The number of carbonyl (C=O) groups excluding carboxylic acids is 1. The van der Waals surface area contributed by atoms with E-state index in [-0.39, 0.29) is 5.91 Å². The standard InChI is InChI=1S/C22H20BrNO3/c1-26-19-10-8-18(9-11-19)24-22(25)17-7-12-21(20(23)15-17)27-14-13-16-5-3-2-4-6-16/h2-12,15H,13-14H2,1H3,(H,24,25). The van der Waals surface area contributed by atoms with Crippen molar-refractivity contribution in [2.45, 2.75) is 6.42 Å². The summed E-state index contributed by atoms with van der Waals surface area (Å²) in [4.78, 5) is 12.4. The Kier molecular flexibility index (Phi) is 6.49. The van der Waals surface area contributed by atoms with E-state index < -0.39 is 0 Å². The molecule has 0 atom stereocenters. The van der Waals surface area contributed by atoms with E-state index in [4.69, 9.17) is 9.47 Å². The highest BCUT2D eigenvalue weighted by atomic mass is 79.9. The van der Waals surface area contributed by atoms with Gasteiger partial charge in [0.15, 0.2) is 0 Å². The monoisotopic (exact) mass is 425 g/mol. The van der Waals surface area contributed by atoms with E-state index in [1.165, 1.54) is 5.56 Å². The van der Waals surface area contributed by atoms with E-state index in [1.54, 1.807) is 49.6 Å². The van der Waals surface area contributed by atoms with E-state index in [0.717, 1.165) is 16.6 Å². The van der Waals surface area contributed by atoms with E-state index in [1.807, 2.05) is 18.2 Å². The lowest BCUT2D eigenvalue weighted by Crippen LogP contribution is -2.12. The third-order valence-electron chi connectivity index (χ3n) is 4.03. The maximum absolute atomic E-state index is 12.4. The van der Waals surface area contributed by atoms with Crippen LogP contribution in [0.2, 0.25) is 0 Å². The number of hydrogen-bond donors (Lipinski definition) is 1. The smallest absolute Gasteiger partial charge is 0.255 e. The number of methoxy groups -OCH3 is 1. The second kappa shape index (κ2) is 9.24. The van der Waals surface area contributed by atoms with Crippen LogP contribution in [-0.4, -0.2) is 19.6 Å². The molecule has 0 bridgehead atoms. The Hall–Kier alpha value is -2.79. The summed E-state index contributed by atoms with van der Waals surface area (Å²) in [6.07, 6.45) is 0.826. The molecule has 3 aromatic carbocycles. The van der Waals surface area contributed by atoms with E-state index in [9.17, 15) is 4.79 Å². The molecule has 0 aliphatic carbocycles. The molecule has 1 N–H and O–H groups in total. The van der Waals surface area contributed by atoms with Gasteiger partial charge in [-0.3, -0.25) is 4.79 Å². The number of ether oxygens (including phenoxy) is 2. The van der Waals surface area contributed by atoms with Crippen LogP contribution < -0.4 is 14.8 Å². The lowest BCUT2D eigenvalue weighted by Gasteiger charge is -2.10. The van der Waals surface area contributed by atoms with Crippen molar-refractivity contribution >= 4 is 27.5 Å². The maximum atomic E-state index is 12.4. The molecule has 0 aliphatic heterocycles. The van der Waals surface area contributed by atoms with Gasteiger partial charge in [0.05, 0.1) is 18.2 Å². The predicted molar refractivity (Wildman–Crippen MR) is 111 cm³/mol. The van der Waals surface area contributed by atoms with Crippen LogP contribution in [0, 0.1) is 0 Å². The number of benzene rings is 3. The summed E-state index contributed by atoms with van der Waals surface area (Å²) in [6, 6.07) is 22.7. The minimum Gasteiger partial charge on any atom is -0.497 e. The molecule has 5 heteroatoms. The fraction of sp³-hybridized carbons (Fsp3) is 0.136. The molecule has 0 spiro atoms. The first-order valence-corrected chi connectivity index (χ1v) is 9.36. The third-order valence-corrected chi connectivity index (χ3v) is 4.65. The van der Waals surface area contributed by atoms with Crippen LogP contribution in [0.25, 0.3) is 0 Å². The average Bonchev–Trinajstić information content (AvgIpc) is 2.70. The summed E-state index contributed by atoms with van der Waals surface area (Å²) >= 11 is 3.48. The third kappa shape index (κ3) is 5.34. The Labute approximate surface area is 167 Å². The highest BCUT2D eigenvalue weighted by Gasteiger charge is 2.10. The van der Waals surface area contributed by atoms with Crippen molar-refractivity contribution in [3.8, 4) is 11.5 Å². The van der Waals surface area contributed by atoms with Gasteiger partial charge in [-0.25, -0.2) is 0 Å². The van der Waals surface area contributed by atoms with Gasteiger partial charge in [0.1, 0.15) is 11.5 Å². The number of rotatable bonds is 7. The van der Waals surface area contributed by atoms with Crippen molar-refractivity contribution in [1.29, 1.82) is 0 Å². The number of hydrogen-bond acceptors (Lipinski definition) is 3. The summed E-state index contributed by atoms with van der Waals surface area (Å²) < 4.78 is 11.7. The lowest BCUT2D eigenvalue weighted by molar-refractivity contribution is 0.102. The number of carbonyl (C=O) groups is 1. The molecule has 0 radical (unpaired) electrons. The Morgan fingerprint density at radius 2 is 1.74 bits per heavy atom. The summed E-state index contributed by atoms with van der Waals surface area (Å²) in [5.74, 6) is 1.27. The van der Waals surface area contributed by atoms with Crippen LogP contribution in [0.4, 0.5) is 5.69 Å². The predicted octanol–water partition coefficient (Wildman–Crippen LogP) is 5.33. The molecular weight excluding hydrogens is 406 g/mol. The molecule has 0 fully saturated rings. The van der Waals surface area contributed by atoms with Gasteiger partial charge in [0.25, 0.3) is 5.91 Å². The maximum Gasteiger partial charge on any atom is 0.255 e. The van der Waals surface area contributed by atoms with Gasteiger partial charge in [-0.05, 0) is 64.0 Å². The first-order chi connectivity index (χ1) is 13.2. The van der Waals surface area contributed by atoms with E-state index >= 15 is 0 Å². The molecule has 0 heterocycles. The molecule has 1 amide bonds. The van der Waals surface area contributed by atoms with Crippen LogP contribution in [0.15, 0.2) is 77.3 Å². The van der Waals surface area contributed by atoms with Crippen LogP contribution >= 0.6 is 15.9 Å². The molecule has 4 nitrogen and oxygen atoms in total. The van der Waals surface area contributed by atoms with Gasteiger partial charge in [0.2, 0.25) is 0 Å². The summed E-state index contributed by atoms with van der Waals surface area (Å²) in [5.41, 5.74) is 2.48. The number of amides is 1. The molecule has 0 saturated heterocycles. The first-order valence-electron chi connectivity index (χ1n) is 8.57. The zero-order valence-corrected chi connectivity index (χ0v) is 16.5. The topological polar surface area (TPSA) is 47.6 Å². The molecular formula is C22H20BrNO3. The van der Waals surface area contributed by atoms with Crippen molar-refractivity contribution in [3.05, 3.63) is 88.4 Å². The molecule has 138 valence electrons. The van der Waals surface area contributed by atoms with Crippen LogP contribution in [-0.2, 0) is 6.42 Å². The molecule has 0 saturated carbocycles. The van der Waals surface area contributed by atoms with E-state index in [0.29, 0.717) is 23.6 Å². The quantitative estimate of drug-likeness (QED) is 0.556. The molecule has 0 unspecified atom stereocenters. The zero-order valence-electron chi connectivity index (χ0n) is 14.9. The fourth-order valence-electron chi connectivity index (χ4n) is 2.56. The average molecular weight is 426 g/mol. The molecule has 0 aromatic heterocycles. The second-order valence-corrected chi connectivity index (χ2v) is 6.77. The lowest BCUT2D eigenvalue weighted by atomic mass is 10.1. The van der Waals surface area contributed by atoms with Gasteiger partial charge in [-0.15, -0.1) is 0 Å². The minimum absolute atomic E-state index is 0.184. The Morgan fingerprint density at radius 3 is 2.41 bits per heavy atom. The molecule has 3 rings (SSSR count). The summed E-state index contributed by atoms with van der Waals surface area (Å²) in [6.45, 7) is 0.569. The second-order valence-electron chi connectivity index (χ2n) is 5.91. The Bertz CT molecular complexity index is 895. The molecule has 27 heavy (non-hydrogen) atoms. The summed E-state index contributed by atoms with van der Waals surface area (Å²) in [7, 11) is 1.61. The first kappa shape index (κ1) is 19.0. The van der Waals surface area contributed by atoms with Gasteiger partial charge >= 0.3 is 0 Å². The highest BCUT2D eigenvalue weighted by molar-refractivity contribution is 9.10. The Morgan fingerprint density at radius 1 is 1.00 bits per heavy atom. The Balaban J connectivity index is 1.58.